The minimum Gasteiger partial charge on any atom is -0.462 e. The van der Waals surface area contributed by atoms with E-state index in [1.165, 1.54) is 11.0 Å². The first-order chi connectivity index (χ1) is 13.9. The van der Waals surface area contributed by atoms with Gasteiger partial charge in [-0.1, -0.05) is 12.1 Å². The first kappa shape index (κ1) is 20.9. The summed E-state index contributed by atoms with van der Waals surface area (Å²) >= 11 is 0. The van der Waals surface area contributed by atoms with Crippen LogP contribution in [0, 0.1) is 20.8 Å². The number of carbonyl (C=O) groups is 2. The van der Waals surface area contributed by atoms with E-state index in [0.717, 1.165) is 35.4 Å². The van der Waals surface area contributed by atoms with Crippen LogP contribution in [0.3, 0.4) is 0 Å². The highest BCUT2D eigenvalue weighted by Gasteiger charge is 2.23. The summed E-state index contributed by atoms with van der Waals surface area (Å²) in [5.74, 6) is 0.909. The minimum atomic E-state index is -0.245. The van der Waals surface area contributed by atoms with Crippen molar-refractivity contribution >= 4 is 23.6 Å². The summed E-state index contributed by atoms with van der Waals surface area (Å²) in [6, 6.07) is 9.41. The maximum absolute atomic E-state index is 12.8. The third-order valence-electron chi connectivity index (χ3n) is 5.12. The molecule has 0 bridgehead atoms. The lowest BCUT2D eigenvalue weighted by Crippen LogP contribution is -2.41. The summed E-state index contributed by atoms with van der Waals surface area (Å²) in [7, 11) is 0. The molecule has 1 aromatic heterocycles. The standard InChI is InChI=1S/C23H28N2O4/c1-16-6-4-8-21(18(16)3)24-22(26)15-25(14-20-7-5-13-28-20)23(27)12-11-19-10-9-17(2)29-19/h4,6,8-12,20H,5,7,13-15H2,1-3H3,(H,24,26). The van der Waals surface area contributed by atoms with E-state index in [0.29, 0.717) is 18.9 Å². The molecule has 1 aliphatic rings. The van der Waals surface area contributed by atoms with E-state index in [9.17, 15) is 9.59 Å². The number of nitrogens with one attached hydrogen (secondary N) is 1. The molecule has 29 heavy (non-hydrogen) atoms. The second-order valence-electron chi connectivity index (χ2n) is 7.43. The van der Waals surface area contributed by atoms with Crippen LogP contribution < -0.4 is 5.32 Å². The van der Waals surface area contributed by atoms with Gasteiger partial charge in [0.25, 0.3) is 0 Å². The van der Waals surface area contributed by atoms with Crippen molar-refractivity contribution in [3.8, 4) is 0 Å². The van der Waals surface area contributed by atoms with Gasteiger partial charge in [0.05, 0.1) is 6.10 Å². The molecule has 6 nitrogen and oxygen atoms in total. The maximum atomic E-state index is 12.8. The zero-order chi connectivity index (χ0) is 20.8. The van der Waals surface area contributed by atoms with Gasteiger partial charge >= 0.3 is 0 Å². The Morgan fingerprint density at radius 3 is 2.72 bits per heavy atom. The van der Waals surface area contributed by atoms with Gasteiger partial charge in [0.15, 0.2) is 0 Å². The number of anilines is 1. The van der Waals surface area contributed by atoms with Gasteiger partial charge in [-0.15, -0.1) is 0 Å². The summed E-state index contributed by atoms with van der Waals surface area (Å²) in [5, 5.41) is 2.92. The topological polar surface area (TPSA) is 71.8 Å². The molecule has 0 saturated carbocycles. The lowest BCUT2D eigenvalue weighted by molar-refractivity contribution is -0.131. The molecule has 1 saturated heterocycles. The van der Waals surface area contributed by atoms with Crippen LogP contribution in [0.2, 0.25) is 0 Å². The van der Waals surface area contributed by atoms with Crippen molar-refractivity contribution in [3.63, 3.8) is 0 Å². The van der Waals surface area contributed by atoms with Crippen molar-refractivity contribution in [3.05, 3.63) is 59.1 Å². The molecule has 1 N–H and O–H groups in total. The van der Waals surface area contributed by atoms with Gasteiger partial charge in [0, 0.05) is 24.9 Å². The summed E-state index contributed by atoms with van der Waals surface area (Å²) < 4.78 is 11.1. The van der Waals surface area contributed by atoms with Crippen LogP contribution in [0.1, 0.15) is 35.5 Å². The van der Waals surface area contributed by atoms with Crippen LogP contribution in [0.4, 0.5) is 5.69 Å². The second kappa shape index (κ2) is 9.56. The molecule has 0 aliphatic carbocycles. The molecule has 2 heterocycles. The molecule has 0 radical (unpaired) electrons. The van der Waals surface area contributed by atoms with Crippen molar-refractivity contribution in [1.29, 1.82) is 0 Å². The average molecular weight is 396 g/mol. The van der Waals surface area contributed by atoms with Gasteiger partial charge in [-0.05, 0) is 69.0 Å². The van der Waals surface area contributed by atoms with Gasteiger partial charge < -0.3 is 19.4 Å². The highest BCUT2D eigenvalue weighted by molar-refractivity contribution is 5.98. The quantitative estimate of drug-likeness (QED) is 0.722. The van der Waals surface area contributed by atoms with E-state index in [4.69, 9.17) is 9.15 Å². The predicted octanol–water partition coefficient (Wildman–Crippen LogP) is 3.86. The van der Waals surface area contributed by atoms with Crippen molar-refractivity contribution in [2.45, 2.75) is 39.7 Å². The smallest absolute Gasteiger partial charge is 0.247 e. The molecule has 1 aliphatic heterocycles. The molecular formula is C23H28N2O4. The van der Waals surface area contributed by atoms with Crippen LogP contribution in [0.15, 0.2) is 40.8 Å². The molecule has 2 aromatic rings. The minimum absolute atomic E-state index is 0.0341. The Balaban J connectivity index is 1.68. The molecular weight excluding hydrogens is 368 g/mol. The highest BCUT2D eigenvalue weighted by Crippen LogP contribution is 2.18. The number of benzene rings is 1. The Bertz CT molecular complexity index is 894. The van der Waals surface area contributed by atoms with Crippen LogP contribution in [-0.2, 0) is 14.3 Å². The number of aryl methyl sites for hydroxylation is 2. The average Bonchev–Trinajstić information content (AvgIpc) is 3.34. The largest absolute Gasteiger partial charge is 0.462 e. The van der Waals surface area contributed by atoms with Gasteiger partial charge in [0.1, 0.15) is 18.1 Å². The van der Waals surface area contributed by atoms with E-state index in [1.54, 1.807) is 12.1 Å². The van der Waals surface area contributed by atoms with E-state index >= 15 is 0 Å². The molecule has 154 valence electrons. The SMILES string of the molecule is Cc1ccc(C=CC(=O)N(CC(=O)Nc2cccc(C)c2C)CC2CCCO2)o1. The van der Waals surface area contributed by atoms with Gasteiger partial charge in [-0.25, -0.2) is 0 Å². The van der Waals surface area contributed by atoms with E-state index in [2.05, 4.69) is 5.32 Å². The molecule has 2 amide bonds. The highest BCUT2D eigenvalue weighted by atomic mass is 16.5. The van der Waals surface area contributed by atoms with Crippen LogP contribution in [0.25, 0.3) is 6.08 Å². The monoisotopic (exact) mass is 396 g/mol. The van der Waals surface area contributed by atoms with Gasteiger partial charge in [-0.3, -0.25) is 9.59 Å². The van der Waals surface area contributed by atoms with Crippen molar-refractivity contribution in [2.75, 3.05) is 25.0 Å². The Kier molecular flexibility index (Phi) is 6.88. The van der Waals surface area contributed by atoms with Crippen molar-refractivity contribution in [1.82, 2.24) is 4.90 Å². The van der Waals surface area contributed by atoms with Gasteiger partial charge in [0.2, 0.25) is 11.8 Å². The summed E-state index contributed by atoms with van der Waals surface area (Å²) in [4.78, 5) is 27.0. The summed E-state index contributed by atoms with van der Waals surface area (Å²) in [6.07, 6.45) is 4.90. The Labute approximate surface area is 171 Å². The molecule has 1 unspecified atom stereocenters. The number of nitrogens with zero attached hydrogens (tertiary/aromatic N) is 1. The van der Waals surface area contributed by atoms with Crippen LogP contribution in [-0.4, -0.2) is 42.5 Å². The molecule has 3 rings (SSSR count). The molecule has 1 atom stereocenters. The molecule has 0 spiro atoms. The normalized spacial score (nSPS) is 16.3. The molecule has 1 fully saturated rings. The fourth-order valence-corrected chi connectivity index (χ4v) is 3.32. The lowest BCUT2D eigenvalue weighted by Gasteiger charge is -2.24. The van der Waals surface area contributed by atoms with Crippen molar-refractivity contribution in [2.24, 2.45) is 0 Å². The number of furan rings is 1. The number of ether oxygens (including phenoxy) is 1. The first-order valence-corrected chi connectivity index (χ1v) is 9.93. The predicted molar refractivity (Wildman–Crippen MR) is 113 cm³/mol. The second-order valence-corrected chi connectivity index (χ2v) is 7.43. The van der Waals surface area contributed by atoms with Gasteiger partial charge in [-0.2, -0.15) is 0 Å². The third-order valence-corrected chi connectivity index (χ3v) is 5.12. The number of hydrogen-bond acceptors (Lipinski definition) is 4. The van der Waals surface area contributed by atoms with E-state index < -0.39 is 0 Å². The zero-order valence-corrected chi connectivity index (χ0v) is 17.2. The molecule has 6 heteroatoms. The maximum Gasteiger partial charge on any atom is 0.247 e. The summed E-state index contributed by atoms with van der Waals surface area (Å²) in [6.45, 7) is 6.87. The van der Waals surface area contributed by atoms with Crippen LogP contribution >= 0.6 is 0 Å². The van der Waals surface area contributed by atoms with Crippen LogP contribution in [0.5, 0.6) is 0 Å². The Hall–Kier alpha value is -2.86. The summed E-state index contributed by atoms with van der Waals surface area (Å²) in [5.41, 5.74) is 2.89. The third kappa shape index (κ3) is 5.81. The van der Waals surface area contributed by atoms with E-state index in [1.807, 2.05) is 45.0 Å². The first-order valence-electron chi connectivity index (χ1n) is 9.93. The fourth-order valence-electron chi connectivity index (χ4n) is 3.32. The lowest BCUT2D eigenvalue weighted by atomic mass is 10.1. The number of carbonyl (C=O) groups excluding carboxylic acids is 2. The molecule has 1 aromatic carbocycles. The number of rotatable bonds is 7. The Morgan fingerprint density at radius 2 is 2.03 bits per heavy atom. The van der Waals surface area contributed by atoms with E-state index in [-0.39, 0.29) is 24.5 Å². The number of amides is 2. The fraction of sp³-hybridized carbons (Fsp3) is 0.391. The zero-order valence-electron chi connectivity index (χ0n) is 17.2. The number of hydrogen-bond donors (Lipinski definition) is 1. The Morgan fingerprint density at radius 1 is 1.21 bits per heavy atom. The van der Waals surface area contributed by atoms with Crippen molar-refractivity contribution < 1.29 is 18.7 Å².